The molecular weight excluding hydrogens is 308 g/mol. The van der Waals surface area contributed by atoms with Crippen LogP contribution >= 0.6 is 11.8 Å². The normalized spacial score (nSPS) is 20.4. The number of anilines is 2. The van der Waals surface area contributed by atoms with Crippen LogP contribution in [0.15, 0.2) is 11.2 Å². The van der Waals surface area contributed by atoms with E-state index in [0.717, 1.165) is 24.6 Å². The Labute approximate surface area is 130 Å². The Bertz CT molecular complexity index is 592. The number of sulfone groups is 1. The van der Waals surface area contributed by atoms with Crippen LogP contribution in [0.1, 0.15) is 19.8 Å². The molecule has 6 nitrogen and oxygen atoms in total. The van der Waals surface area contributed by atoms with Crippen molar-refractivity contribution in [2.45, 2.75) is 31.0 Å². The average molecular weight is 330 g/mol. The van der Waals surface area contributed by atoms with Crippen LogP contribution < -0.4 is 10.2 Å². The van der Waals surface area contributed by atoms with Crippen LogP contribution in [0.5, 0.6) is 0 Å². The number of hydrogen-bond donors (Lipinski definition) is 1. The number of aromatic nitrogens is 2. The summed E-state index contributed by atoms with van der Waals surface area (Å²) in [7, 11) is -0.990. The molecular formula is C13H22N4O2S2. The van der Waals surface area contributed by atoms with E-state index in [9.17, 15) is 8.42 Å². The van der Waals surface area contributed by atoms with Crippen LogP contribution in [0.25, 0.3) is 0 Å². The Morgan fingerprint density at radius 2 is 2.24 bits per heavy atom. The molecule has 1 aliphatic rings. The fraction of sp³-hybridized carbons (Fsp3) is 0.692. The summed E-state index contributed by atoms with van der Waals surface area (Å²) < 4.78 is 23.3. The van der Waals surface area contributed by atoms with Crippen molar-refractivity contribution in [2.75, 3.05) is 41.6 Å². The molecule has 0 bridgehead atoms. The van der Waals surface area contributed by atoms with E-state index in [1.165, 1.54) is 11.8 Å². The highest BCUT2D eigenvalue weighted by atomic mass is 32.2. The van der Waals surface area contributed by atoms with E-state index in [0.29, 0.717) is 11.6 Å². The van der Waals surface area contributed by atoms with Gasteiger partial charge in [0.1, 0.15) is 11.6 Å². The van der Waals surface area contributed by atoms with Crippen LogP contribution in [0.2, 0.25) is 0 Å². The van der Waals surface area contributed by atoms with Gasteiger partial charge in [0, 0.05) is 25.7 Å². The smallest absolute Gasteiger partial charge is 0.191 e. The molecule has 1 aromatic rings. The van der Waals surface area contributed by atoms with Gasteiger partial charge in [-0.1, -0.05) is 18.7 Å². The van der Waals surface area contributed by atoms with Gasteiger partial charge in [0.2, 0.25) is 0 Å². The molecule has 1 aliphatic heterocycles. The number of hydrogen-bond acceptors (Lipinski definition) is 7. The lowest BCUT2D eigenvalue weighted by Gasteiger charge is -2.25. The Balaban J connectivity index is 2.21. The summed E-state index contributed by atoms with van der Waals surface area (Å²) in [5, 5.41) is 3.96. The van der Waals surface area contributed by atoms with Crippen LogP contribution in [0.4, 0.5) is 11.6 Å². The zero-order valence-electron chi connectivity index (χ0n) is 12.7. The van der Waals surface area contributed by atoms with Crippen LogP contribution in [0, 0.1) is 0 Å². The lowest BCUT2D eigenvalue weighted by atomic mass is 10.2. The summed E-state index contributed by atoms with van der Waals surface area (Å²) in [5.74, 6) is 2.04. The van der Waals surface area contributed by atoms with Gasteiger partial charge in [0.15, 0.2) is 15.0 Å². The van der Waals surface area contributed by atoms with Crippen molar-refractivity contribution in [3.63, 3.8) is 0 Å². The van der Waals surface area contributed by atoms with Crippen molar-refractivity contribution in [3.05, 3.63) is 6.07 Å². The summed E-state index contributed by atoms with van der Waals surface area (Å²) >= 11 is 1.48. The first kappa shape index (κ1) is 16.4. The molecule has 0 amide bonds. The van der Waals surface area contributed by atoms with Crippen molar-refractivity contribution >= 4 is 33.2 Å². The molecule has 21 heavy (non-hydrogen) atoms. The molecule has 0 radical (unpaired) electrons. The second kappa shape index (κ2) is 6.83. The zero-order chi connectivity index (χ0) is 15.5. The van der Waals surface area contributed by atoms with E-state index in [1.807, 2.05) is 24.3 Å². The van der Waals surface area contributed by atoms with E-state index in [-0.39, 0.29) is 17.5 Å². The molecule has 0 saturated carbocycles. The minimum Gasteiger partial charge on any atom is -0.370 e. The van der Waals surface area contributed by atoms with Gasteiger partial charge in [0.05, 0.1) is 11.5 Å². The lowest BCUT2D eigenvalue weighted by Crippen LogP contribution is -2.33. The van der Waals surface area contributed by atoms with Crippen LogP contribution in [-0.4, -0.2) is 55.8 Å². The Morgan fingerprint density at radius 3 is 2.81 bits per heavy atom. The van der Waals surface area contributed by atoms with Gasteiger partial charge in [-0.3, -0.25) is 0 Å². The summed E-state index contributed by atoms with van der Waals surface area (Å²) in [5.41, 5.74) is 0. The molecule has 2 rings (SSSR count). The van der Waals surface area contributed by atoms with Gasteiger partial charge in [-0.2, -0.15) is 0 Å². The highest BCUT2D eigenvalue weighted by Gasteiger charge is 2.31. The predicted octanol–water partition coefficient (Wildman–Crippen LogP) is 1.64. The van der Waals surface area contributed by atoms with Crippen molar-refractivity contribution in [1.29, 1.82) is 0 Å². The highest BCUT2D eigenvalue weighted by Crippen LogP contribution is 2.25. The van der Waals surface area contributed by atoms with E-state index < -0.39 is 9.84 Å². The zero-order valence-corrected chi connectivity index (χ0v) is 14.3. The predicted molar refractivity (Wildman–Crippen MR) is 88.1 cm³/mol. The molecule has 8 heteroatoms. The van der Waals surface area contributed by atoms with E-state index in [4.69, 9.17) is 0 Å². The third-order valence-electron chi connectivity index (χ3n) is 3.55. The maximum absolute atomic E-state index is 11.6. The van der Waals surface area contributed by atoms with Gasteiger partial charge in [-0.15, -0.1) is 0 Å². The molecule has 1 aromatic heterocycles. The first-order valence-corrected chi connectivity index (χ1v) is 10.1. The third-order valence-corrected chi connectivity index (χ3v) is 5.85. The Hall–Kier alpha value is -1.02. The second-order valence-electron chi connectivity index (χ2n) is 5.19. The monoisotopic (exact) mass is 330 g/mol. The molecule has 2 heterocycles. The summed E-state index contributed by atoms with van der Waals surface area (Å²) in [4.78, 5) is 10.9. The van der Waals surface area contributed by atoms with Crippen molar-refractivity contribution < 1.29 is 8.42 Å². The molecule has 0 aromatic carbocycles. The third kappa shape index (κ3) is 4.23. The minimum absolute atomic E-state index is 0.00127. The SMILES string of the molecule is CCCNc1cc(N(C)C2CCS(=O)(=O)C2)nc(SC)n1. The Kier molecular flexibility index (Phi) is 5.32. The summed E-state index contributed by atoms with van der Waals surface area (Å²) in [6, 6.07) is 1.89. The molecule has 0 aliphatic carbocycles. The molecule has 1 atom stereocenters. The molecule has 1 N–H and O–H groups in total. The van der Waals surface area contributed by atoms with Gasteiger partial charge >= 0.3 is 0 Å². The summed E-state index contributed by atoms with van der Waals surface area (Å²) in [6.07, 6.45) is 3.61. The topological polar surface area (TPSA) is 75.2 Å². The lowest BCUT2D eigenvalue weighted by molar-refractivity contribution is 0.600. The largest absolute Gasteiger partial charge is 0.370 e. The number of nitrogens with one attached hydrogen (secondary N) is 1. The van der Waals surface area contributed by atoms with Crippen molar-refractivity contribution in [3.8, 4) is 0 Å². The van der Waals surface area contributed by atoms with E-state index in [1.54, 1.807) is 0 Å². The second-order valence-corrected chi connectivity index (χ2v) is 8.19. The molecule has 118 valence electrons. The van der Waals surface area contributed by atoms with Gasteiger partial charge < -0.3 is 10.2 Å². The van der Waals surface area contributed by atoms with Crippen molar-refractivity contribution in [1.82, 2.24) is 9.97 Å². The fourth-order valence-corrected chi connectivity index (χ4v) is 4.45. The van der Waals surface area contributed by atoms with Gasteiger partial charge in [-0.05, 0) is 19.1 Å². The van der Waals surface area contributed by atoms with E-state index in [2.05, 4.69) is 22.2 Å². The van der Waals surface area contributed by atoms with Crippen LogP contribution in [-0.2, 0) is 9.84 Å². The first-order chi connectivity index (χ1) is 9.95. The van der Waals surface area contributed by atoms with Gasteiger partial charge in [0.25, 0.3) is 0 Å². The minimum atomic E-state index is -2.89. The maximum Gasteiger partial charge on any atom is 0.191 e. The standard InChI is InChI=1S/C13H22N4O2S2/c1-4-6-14-11-8-12(16-13(15-11)20-3)17(2)10-5-7-21(18,19)9-10/h8,10H,4-7,9H2,1-3H3,(H,14,15,16). The molecule has 1 saturated heterocycles. The quantitative estimate of drug-likeness (QED) is 0.628. The molecule has 1 unspecified atom stereocenters. The molecule has 0 spiro atoms. The average Bonchev–Trinajstić information content (AvgIpc) is 2.84. The van der Waals surface area contributed by atoms with E-state index >= 15 is 0 Å². The molecule has 1 fully saturated rings. The van der Waals surface area contributed by atoms with Crippen LogP contribution in [0.3, 0.4) is 0 Å². The maximum atomic E-state index is 11.6. The highest BCUT2D eigenvalue weighted by molar-refractivity contribution is 7.98. The Morgan fingerprint density at radius 1 is 1.48 bits per heavy atom. The fourth-order valence-electron chi connectivity index (χ4n) is 2.30. The summed E-state index contributed by atoms with van der Waals surface area (Å²) in [6.45, 7) is 2.95. The van der Waals surface area contributed by atoms with Crippen molar-refractivity contribution in [2.24, 2.45) is 0 Å². The number of rotatable bonds is 6. The van der Waals surface area contributed by atoms with Gasteiger partial charge in [-0.25, -0.2) is 18.4 Å². The number of thioether (sulfide) groups is 1. The first-order valence-electron chi connectivity index (χ1n) is 7.05. The number of nitrogens with zero attached hydrogens (tertiary/aromatic N) is 3.